The molecule has 218 valence electrons. The molecule has 5 aromatic rings. The summed E-state index contributed by atoms with van der Waals surface area (Å²) in [5.74, 6) is -0.256. The molecule has 15 heteroatoms. The van der Waals surface area contributed by atoms with Crippen LogP contribution in [0.4, 0.5) is 32.3 Å². The maximum absolute atomic E-state index is 13.1. The number of amides is 1. The molecule has 0 bridgehead atoms. The van der Waals surface area contributed by atoms with Crippen LogP contribution in [-0.2, 0) is 12.4 Å². The van der Waals surface area contributed by atoms with Crippen molar-refractivity contribution < 1.29 is 35.9 Å². The lowest BCUT2D eigenvalue weighted by molar-refractivity contribution is -0.143. The van der Waals surface area contributed by atoms with Crippen molar-refractivity contribution in [2.24, 2.45) is 0 Å². The Morgan fingerprint density at radius 1 is 0.976 bits per heavy atom. The highest BCUT2D eigenvalue weighted by molar-refractivity contribution is 7.15. The summed E-state index contributed by atoms with van der Waals surface area (Å²) in [7, 11) is 1.57. The van der Waals surface area contributed by atoms with E-state index in [1.807, 2.05) is 40.2 Å². The number of imidazole rings is 1. The molecular weight excluding hydrogens is 586 g/mol. The standard InChI is InChI=1S/C27H20F6N6O2S/c1-41-19-4-2-3-15(13-19)21-22(39-9-10-42-25(39)38-21)20-5-6-35-24(37-20)36-8-7-34-23(40)16-11-17(26(28,29)30)14-18(12-16)27(31,32)33/h2-6,9-14H,7-8H2,1H3,(H,34,40)(H,35,36,37). The first kappa shape index (κ1) is 28.9. The summed E-state index contributed by atoms with van der Waals surface area (Å²) in [6, 6.07) is 9.81. The minimum absolute atomic E-state index is 0.0310. The van der Waals surface area contributed by atoms with Crippen LogP contribution in [-0.4, -0.2) is 45.5 Å². The second-order valence-electron chi connectivity index (χ2n) is 8.84. The van der Waals surface area contributed by atoms with Gasteiger partial charge in [0.05, 0.1) is 29.6 Å². The zero-order valence-electron chi connectivity index (χ0n) is 21.5. The Kier molecular flexibility index (Phi) is 7.77. The van der Waals surface area contributed by atoms with Crippen LogP contribution in [0, 0.1) is 0 Å². The van der Waals surface area contributed by atoms with Crippen molar-refractivity contribution in [3.8, 4) is 28.4 Å². The number of nitrogens with zero attached hydrogens (tertiary/aromatic N) is 4. The maximum atomic E-state index is 13.1. The number of carbonyl (C=O) groups is 1. The lowest BCUT2D eigenvalue weighted by Gasteiger charge is -2.14. The molecule has 0 radical (unpaired) electrons. The van der Waals surface area contributed by atoms with E-state index in [0.29, 0.717) is 35.0 Å². The largest absolute Gasteiger partial charge is 0.497 e. The fourth-order valence-corrected chi connectivity index (χ4v) is 4.83. The van der Waals surface area contributed by atoms with E-state index in [0.717, 1.165) is 10.5 Å². The zero-order valence-corrected chi connectivity index (χ0v) is 22.4. The number of hydrogen-bond donors (Lipinski definition) is 2. The van der Waals surface area contributed by atoms with Crippen LogP contribution in [0.3, 0.4) is 0 Å². The van der Waals surface area contributed by atoms with Gasteiger partial charge in [0.2, 0.25) is 5.95 Å². The molecule has 3 heterocycles. The lowest BCUT2D eigenvalue weighted by Crippen LogP contribution is -2.29. The van der Waals surface area contributed by atoms with Gasteiger partial charge in [0.15, 0.2) is 4.96 Å². The zero-order chi connectivity index (χ0) is 30.1. The van der Waals surface area contributed by atoms with E-state index < -0.39 is 35.0 Å². The number of ether oxygens (including phenoxy) is 1. The summed E-state index contributed by atoms with van der Waals surface area (Å²) in [5.41, 5.74) is -1.21. The van der Waals surface area contributed by atoms with Gasteiger partial charge in [-0.15, -0.1) is 11.3 Å². The van der Waals surface area contributed by atoms with Gasteiger partial charge in [-0.25, -0.2) is 15.0 Å². The highest BCUT2D eigenvalue weighted by Gasteiger charge is 2.37. The van der Waals surface area contributed by atoms with Gasteiger partial charge in [0.25, 0.3) is 5.91 Å². The molecule has 0 fully saturated rings. The highest BCUT2D eigenvalue weighted by Crippen LogP contribution is 2.37. The van der Waals surface area contributed by atoms with Crippen molar-refractivity contribution in [2.75, 3.05) is 25.5 Å². The molecule has 0 aliphatic rings. The fraction of sp³-hybridized carbons (Fsp3) is 0.185. The number of carbonyl (C=O) groups excluding carboxylic acids is 1. The molecule has 1 amide bonds. The molecule has 0 unspecified atom stereocenters. The molecule has 2 aromatic carbocycles. The Hall–Kier alpha value is -4.66. The molecule has 8 nitrogen and oxygen atoms in total. The number of benzene rings is 2. The summed E-state index contributed by atoms with van der Waals surface area (Å²) >= 11 is 1.44. The molecule has 0 spiro atoms. The van der Waals surface area contributed by atoms with Gasteiger partial charge in [-0.05, 0) is 36.4 Å². The average Bonchev–Trinajstić information content (AvgIpc) is 3.56. The summed E-state index contributed by atoms with van der Waals surface area (Å²) in [4.78, 5) is 26.6. The molecule has 0 saturated carbocycles. The number of rotatable bonds is 8. The quantitative estimate of drug-likeness (QED) is 0.157. The molecule has 0 aliphatic carbocycles. The third-order valence-corrected chi connectivity index (χ3v) is 6.80. The van der Waals surface area contributed by atoms with Crippen LogP contribution in [0.15, 0.2) is 66.3 Å². The SMILES string of the molecule is COc1cccc(-c2nc3sccn3c2-c2ccnc(NCCNC(=O)c3cc(C(F)(F)F)cc(C(F)(F)F)c3)n2)c1. The van der Waals surface area contributed by atoms with Gasteiger partial charge in [-0.2, -0.15) is 26.3 Å². The van der Waals surface area contributed by atoms with Gasteiger partial charge < -0.3 is 15.4 Å². The van der Waals surface area contributed by atoms with Crippen LogP contribution in [0.2, 0.25) is 0 Å². The topological polar surface area (TPSA) is 93.4 Å². The molecule has 5 rings (SSSR count). The molecule has 2 N–H and O–H groups in total. The van der Waals surface area contributed by atoms with E-state index in [1.165, 1.54) is 17.5 Å². The first-order chi connectivity index (χ1) is 19.9. The molecule has 42 heavy (non-hydrogen) atoms. The number of hydrogen-bond acceptors (Lipinski definition) is 7. The average molecular weight is 607 g/mol. The van der Waals surface area contributed by atoms with Gasteiger partial charge >= 0.3 is 12.4 Å². The predicted molar refractivity (Wildman–Crippen MR) is 143 cm³/mol. The monoisotopic (exact) mass is 606 g/mol. The first-order valence-electron chi connectivity index (χ1n) is 12.2. The van der Waals surface area contributed by atoms with Crippen molar-refractivity contribution in [1.29, 1.82) is 0 Å². The van der Waals surface area contributed by atoms with Gasteiger partial charge in [-0.1, -0.05) is 12.1 Å². The number of aromatic nitrogens is 4. The first-order valence-corrected chi connectivity index (χ1v) is 13.1. The van der Waals surface area contributed by atoms with Crippen LogP contribution in [0.25, 0.3) is 27.6 Å². The van der Waals surface area contributed by atoms with E-state index in [9.17, 15) is 31.1 Å². The summed E-state index contributed by atoms with van der Waals surface area (Å²) in [6.07, 6.45) is -6.74. The van der Waals surface area contributed by atoms with Crippen molar-refractivity contribution >= 4 is 28.2 Å². The highest BCUT2D eigenvalue weighted by atomic mass is 32.1. The summed E-state index contributed by atoms with van der Waals surface area (Å²) < 4.78 is 85.9. The van der Waals surface area contributed by atoms with Crippen LogP contribution >= 0.6 is 11.3 Å². The smallest absolute Gasteiger partial charge is 0.416 e. The summed E-state index contributed by atoms with van der Waals surface area (Å²) in [5, 5.41) is 7.10. The third kappa shape index (κ3) is 6.15. The minimum atomic E-state index is -5.06. The van der Waals surface area contributed by atoms with Crippen LogP contribution in [0.1, 0.15) is 21.5 Å². The number of anilines is 1. The third-order valence-electron chi connectivity index (χ3n) is 6.05. The molecular formula is C27H20F6N6O2S. The number of fused-ring (bicyclic) bond motifs is 1. The van der Waals surface area contributed by atoms with E-state index in [1.54, 1.807) is 13.2 Å². The fourth-order valence-electron chi connectivity index (χ4n) is 4.12. The van der Waals surface area contributed by atoms with E-state index in [4.69, 9.17) is 9.72 Å². The Bertz CT molecular complexity index is 1720. The second-order valence-corrected chi connectivity index (χ2v) is 9.71. The van der Waals surface area contributed by atoms with Crippen molar-refractivity contribution in [3.63, 3.8) is 0 Å². The van der Waals surface area contributed by atoms with E-state index >= 15 is 0 Å². The Labute approximate surface area is 238 Å². The minimum Gasteiger partial charge on any atom is -0.497 e. The Balaban J connectivity index is 1.31. The number of alkyl halides is 6. The van der Waals surface area contributed by atoms with Gasteiger partial charge in [0.1, 0.15) is 11.4 Å². The van der Waals surface area contributed by atoms with Crippen LogP contribution < -0.4 is 15.4 Å². The lowest BCUT2D eigenvalue weighted by atomic mass is 10.0. The number of methoxy groups -OCH3 is 1. The molecule has 3 aromatic heterocycles. The van der Waals surface area contributed by atoms with Crippen molar-refractivity contribution in [1.82, 2.24) is 24.7 Å². The molecule has 0 aliphatic heterocycles. The predicted octanol–water partition coefficient (Wildman–Crippen LogP) is 6.41. The maximum Gasteiger partial charge on any atom is 0.416 e. The number of nitrogens with one attached hydrogen (secondary N) is 2. The van der Waals surface area contributed by atoms with Gasteiger partial charge in [0, 0.05) is 42.0 Å². The van der Waals surface area contributed by atoms with Crippen LogP contribution in [0.5, 0.6) is 5.75 Å². The van der Waals surface area contributed by atoms with E-state index in [-0.39, 0.29) is 25.1 Å². The second kappa shape index (κ2) is 11.3. The van der Waals surface area contributed by atoms with Crippen molar-refractivity contribution in [3.05, 3.63) is 83.0 Å². The Morgan fingerprint density at radius 3 is 2.40 bits per heavy atom. The van der Waals surface area contributed by atoms with Crippen molar-refractivity contribution in [2.45, 2.75) is 12.4 Å². The van der Waals surface area contributed by atoms with E-state index in [2.05, 4.69) is 20.6 Å². The number of thiazole rings is 1. The number of halogens is 6. The van der Waals surface area contributed by atoms with Gasteiger partial charge in [-0.3, -0.25) is 9.20 Å². The Morgan fingerprint density at radius 2 is 1.71 bits per heavy atom. The molecule has 0 saturated heterocycles. The summed E-state index contributed by atoms with van der Waals surface area (Å²) in [6.45, 7) is -0.107. The normalized spacial score (nSPS) is 12.0. The molecule has 0 atom stereocenters.